The van der Waals surface area contributed by atoms with E-state index in [2.05, 4.69) is 74.5 Å². The van der Waals surface area contributed by atoms with Gasteiger partial charge in [-0.3, -0.25) is 0 Å². The highest BCUT2D eigenvalue weighted by atomic mass is 31.2. The Morgan fingerprint density at radius 2 is 0.569 bits per heavy atom. The number of para-hydroxylation sites is 4. The molecule has 0 saturated carbocycles. The number of hydrogen-bond acceptors (Lipinski definition) is 6. The number of rotatable bonds is 13. The molecule has 0 aliphatic rings. The highest BCUT2D eigenvalue weighted by molar-refractivity contribution is 7.43. The van der Waals surface area contributed by atoms with E-state index in [4.69, 9.17) is 27.1 Å². The molecular formula is C50H44O6P2. The molecule has 8 aromatic rings. The zero-order valence-corrected chi connectivity index (χ0v) is 35.1. The standard InChI is InChI=1S/C50H44O6P2/c1-33-19-7-15-27-43(33)51-57(52-44-28-16-8-20-34(44)2)55-49-37(5)31-39-23-11-13-25-41(39)47(49)48-42-26-14-12-24-40(42)32-38(6)50(48)56-58(53-45-29-17-9-21-35(45)3)54-46-30-18-10-22-36(46)4/h7-32H,1-6H3. The van der Waals surface area contributed by atoms with Crippen LogP contribution in [0.4, 0.5) is 0 Å². The molecule has 0 N–H and O–H groups in total. The summed E-state index contributed by atoms with van der Waals surface area (Å²) in [6, 6.07) is 52.6. The molecule has 0 aliphatic heterocycles. The Kier molecular flexibility index (Phi) is 11.5. The lowest BCUT2D eigenvalue weighted by Crippen LogP contribution is -2.07. The molecule has 0 spiro atoms. The second kappa shape index (κ2) is 17.2. The van der Waals surface area contributed by atoms with E-state index in [-0.39, 0.29) is 0 Å². The van der Waals surface area contributed by atoms with Crippen LogP contribution in [0.5, 0.6) is 34.5 Å². The monoisotopic (exact) mass is 802 g/mol. The Morgan fingerprint density at radius 3 is 0.879 bits per heavy atom. The van der Waals surface area contributed by atoms with Crippen LogP contribution in [-0.4, -0.2) is 0 Å². The molecule has 8 aromatic carbocycles. The Morgan fingerprint density at radius 1 is 0.293 bits per heavy atom. The maximum atomic E-state index is 7.14. The maximum Gasteiger partial charge on any atom is 0.530 e. The largest absolute Gasteiger partial charge is 0.530 e. The summed E-state index contributed by atoms with van der Waals surface area (Å²) >= 11 is 0. The average molecular weight is 803 g/mol. The van der Waals surface area contributed by atoms with E-state index in [0.29, 0.717) is 34.5 Å². The second-order valence-electron chi connectivity index (χ2n) is 14.3. The van der Waals surface area contributed by atoms with Crippen LogP contribution in [0.1, 0.15) is 33.4 Å². The zero-order valence-electron chi connectivity index (χ0n) is 33.4. The topological polar surface area (TPSA) is 55.4 Å². The normalized spacial score (nSPS) is 11.2. The summed E-state index contributed by atoms with van der Waals surface area (Å²) in [6.07, 6.45) is 0. The van der Waals surface area contributed by atoms with Gasteiger partial charge < -0.3 is 27.1 Å². The molecule has 8 rings (SSSR count). The molecular weight excluding hydrogens is 758 g/mol. The van der Waals surface area contributed by atoms with E-state index in [0.717, 1.165) is 66.1 Å². The van der Waals surface area contributed by atoms with Crippen LogP contribution in [0.3, 0.4) is 0 Å². The molecule has 0 radical (unpaired) electrons. The molecule has 0 atom stereocenters. The predicted molar refractivity (Wildman–Crippen MR) is 239 cm³/mol. The van der Waals surface area contributed by atoms with Crippen molar-refractivity contribution in [3.05, 3.63) is 191 Å². The van der Waals surface area contributed by atoms with Gasteiger partial charge in [0.15, 0.2) is 0 Å². The van der Waals surface area contributed by atoms with Gasteiger partial charge >= 0.3 is 17.2 Å². The third-order valence-electron chi connectivity index (χ3n) is 10.0. The SMILES string of the molecule is Cc1ccccc1OP(Oc1ccccc1C)Oc1c(C)cc2ccccc2c1-c1c(OP(Oc2ccccc2C)Oc2ccccc2C)c(C)cc2ccccc12. The third-order valence-corrected chi connectivity index (χ3v) is 12.1. The van der Waals surface area contributed by atoms with E-state index in [9.17, 15) is 0 Å². The molecule has 290 valence electrons. The minimum absolute atomic E-state index is 0.622. The lowest BCUT2D eigenvalue weighted by molar-refractivity contribution is 0.382. The summed E-state index contributed by atoms with van der Waals surface area (Å²) in [5, 5.41) is 4.07. The summed E-state index contributed by atoms with van der Waals surface area (Å²) in [7, 11) is -4.08. The molecule has 58 heavy (non-hydrogen) atoms. The third kappa shape index (κ3) is 8.31. The molecule has 0 saturated heterocycles. The van der Waals surface area contributed by atoms with Gasteiger partial charge in [-0.2, -0.15) is 0 Å². The van der Waals surface area contributed by atoms with Gasteiger partial charge in [-0.05, 0) is 133 Å². The van der Waals surface area contributed by atoms with Crippen LogP contribution >= 0.6 is 17.2 Å². The fourth-order valence-corrected chi connectivity index (χ4v) is 9.34. The Hall–Kier alpha value is -6.06. The van der Waals surface area contributed by atoms with Crippen molar-refractivity contribution in [2.24, 2.45) is 0 Å². The fraction of sp³-hybridized carbons (Fsp3) is 0.120. The summed E-state index contributed by atoms with van der Waals surface area (Å²) < 4.78 is 41.0. The molecule has 0 unspecified atom stereocenters. The Labute approximate surface area is 342 Å². The first-order valence-corrected chi connectivity index (χ1v) is 21.4. The first-order valence-electron chi connectivity index (χ1n) is 19.2. The number of hydrogen-bond donors (Lipinski definition) is 0. The van der Waals surface area contributed by atoms with Crippen LogP contribution in [-0.2, 0) is 0 Å². The number of aryl methyl sites for hydroxylation is 6. The van der Waals surface area contributed by atoms with Crippen LogP contribution in [0.2, 0.25) is 0 Å². The summed E-state index contributed by atoms with van der Waals surface area (Å²) in [6.45, 7) is 12.2. The second-order valence-corrected chi connectivity index (χ2v) is 16.3. The highest BCUT2D eigenvalue weighted by Crippen LogP contribution is 2.55. The lowest BCUT2D eigenvalue weighted by atomic mass is 9.89. The summed E-state index contributed by atoms with van der Waals surface area (Å²) in [4.78, 5) is 0. The van der Waals surface area contributed by atoms with Crippen LogP contribution < -0.4 is 27.1 Å². The van der Waals surface area contributed by atoms with Crippen molar-refractivity contribution < 1.29 is 27.1 Å². The van der Waals surface area contributed by atoms with Crippen molar-refractivity contribution in [1.82, 2.24) is 0 Å². The van der Waals surface area contributed by atoms with E-state index in [1.807, 2.05) is 125 Å². The van der Waals surface area contributed by atoms with Gasteiger partial charge in [-0.1, -0.05) is 121 Å². The molecule has 0 bridgehead atoms. The molecule has 0 heterocycles. The molecule has 0 fully saturated rings. The van der Waals surface area contributed by atoms with E-state index >= 15 is 0 Å². The molecule has 0 aliphatic carbocycles. The van der Waals surface area contributed by atoms with Crippen molar-refractivity contribution in [2.75, 3.05) is 0 Å². The van der Waals surface area contributed by atoms with Gasteiger partial charge in [0.05, 0.1) is 0 Å². The lowest BCUT2D eigenvalue weighted by Gasteiger charge is -2.26. The van der Waals surface area contributed by atoms with Crippen LogP contribution in [0, 0.1) is 41.5 Å². The molecule has 8 heteroatoms. The molecule has 6 nitrogen and oxygen atoms in total. The van der Waals surface area contributed by atoms with Crippen LogP contribution in [0.25, 0.3) is 32.7 Å². The highest BCUT2D eigenvalue weighted by Gasteiger charge is 2.31. The Bertz CT molecular complexity index is 2460. The van der Waals surface area contributed by atoms with Gasteiger partial charge in [-0.25, -0.2) is 0 Å². The number of fused-ring (bicyclic) bond motifs is 2. The number of benzene rings is 8. The van der Waals surface area contributed by atoms with Crippen LogP contribution in [0.15, 0.2) is 158 Å². The smallest absolute Gasteiger partial charge is 0.408 e. The minimum Gasteiger partial charge on any atom is -0.408 e. The minimum atomic E-state index is -2.04. The molecule has 0 amide bonds. The maximum absolute atomic E-state index is 7.14. The van der Waals surface area contributed by atoms with Gasteiger partial charge in [0.2, 0.25) is 0 Å². The van der Waals surface area contributed by atoms with E-state index in [1.165, 1.54) is 0 Å². The average Bonchev–Trinajstić information content (AvgIpc) is 3.22. The zero-order chi connectivity index (χ0) is 40.2. The van der Waals surface area contributed by atoms with Crippen molar-refractivity contribution >= 4 is 38.7 Å². The van der Waals surface area contributed by atoms with Crippen molar-refractivity contribution in [3.63, 3.8) is 0 Å². The summed E-state index contributed by atoms with van der Waals surface area (Å²) in [5.74, 6) is 3.96. The van der Waals surface area contributed by atoms with Gasteiger partial charge in [-0.15, -0.1) is 0 Å². The van der Waals surface area contributed by atoms with Gasteiger partial charge in [0, 0.05) is 11.1 Å². The first-order chi connectivity index (χ1) is 28.2. The van der Waals surface area contributed by atoms with Gasteiger partial charge in [0.1, 0.15) is 34.5 Å². The van der Waals surface area contributed by atoms with E-state index in [1.54, 1.807) is 0 Å². The predicted octanol–water partition coefficient (Wildman–Crippen LogP) is 15.0. The van der Waals surface area contributed by atoms with Crippen molar-refractivity contribution in [1.29, 1.82) is 0 Å². The quantitative estimate of drug-likeness (QED) is 0.108. The fourth-order valence-electron chi connectivity index (χ4n) is 6.89. The van der Waals surface area contributed by atoms with Gasteiger partial charge in [0.25, 0.3) is 0 Å². The Balaban J connectivity index is 1.34. The summed E-state index contributed by atoms with van der Waals surface area (Å²) in [5.41, 5.74) is 7.40. The molecule has 0 aromatic heterocycles. The first kappa shape index (κ1) is 38.8. The van der Waals surface area contributed by atoms with Crippen molar-refractivity contribution in [2.45, 2.75) is 41.5 Å². The van der Waals surface area contributed by atoms with E-state index < -0.39 is 17.2 Å². The van der Waals surface area contributed by atoms with Crippen molar-refractivity contribution in [3.8, 4) is 45.6 Å².